The third kappa shape index (κ3) is 1.64. The minimum absolute atomic E-state index is 0.495. The van der Waals surface area contributed by atoms with Crippen LogP contribution in [0.5, 0.6) is 0 Å². The quantitative estimate of drug-likeness (QED) is 0.761. The van der Waals surface area contributed by atoms with E-state index in [0.717, 1.165) is 12.4 Å². The molecule has 1 fully saturated rings. The van der Waals surface area contributed by atoms with Crippen LogP contribution in [0.25, 0.3) is 0 Å². The van der Waals surface area contributed by atoms with Gasteiger partial charge >= 0.3 is 0 Å². The fourth-order valence-electron chi connectivity index (χ4n) is 2.33. The van der Waals surface area contributed by atoms with E-state index in [1.54, 1.807) is 4.68 Å². The number of aromatic nitrogens is 4. The molecule has 2 rings (SSSR count). The lowest BCUT2D eigenvalue weighted by Gasteiger charge is -2.18. The van der Waals surface area contributed by atoms with Crippen LogP contribution in [0.4, 0.5) is 0 Å². The maximum atomic E-state index is 4.09. The van der Waals surface area contributed by atoms with Crippen LogP contribution in [0.1, 0.15) is 37.9 Å². The van der Waals surface area contributed by atoms with Crippen molar-refractivity contribution in [2.24, 2.45) is 7.05 Å². The van der Waals surface area contributed by atoms with E-state index < -0.39 is 0 Å². The Balaban J connectivity index is 2.13. The predicted octanol–water partition coefficient (Wildman–Crippen LogP) is 0.456. The largest absolute Gasteiger partial charge is 0.314 e. The molecule has 1 aromatic rings. The SMILES string of the molecule is CCNC1CCCC1c1nnnn1C. The molecule has 78 valence electrons. The van der Waals surface area contributed by atoms with Crippen LogP contribution in [0, 0.1) is 0 Å². The molecule has 2 atom stereocenters. The van der Waals surface area contributed by atoms with Gasteiger partial charge in [-0.3, -0.25) is 0 Å². The second kappa shape index (κ2) is 4.04. The normalized spacial score (nSPS) is 27.0. The third-order valence-electron chi connectivity index (χ3n) is 2.97. The van der Waals surface area contributed by atoms with E-state index in [4.69, 9.17) is 0 Å². The van der Waals surface area contributed by atoms with Gasteiger partial charge in [0, 0.05) is 19.0 Å². The van der Waals surface area contributed by atoms with Gasteiger partial charge in [-0.1, -0.05) is 13.3 Å². The maximum Gasteiger partial charge on any atom is 0.155 e. The molecule has 0 spiro atoms. The number of tetrazole rings is 1. The van der Waals surface area contributed by atoms with Gasteiger partial charge < -0.3 is 5.32 Å². The van der Waals surface area contributed by atoms with E-state index in [9.17, 15) is 0 Å². The van der Waals surface area contributed by atoms with E-state index in [0.29, 0.717) is 12.0 Å². The molecule has 5 nitrogen and oxygen atoms in total. The Morgan fingerprint density at radius 2 is 2.36 bits per heavy atom. The lowest BCUT2D eigenvalue weighted by atomic mass is 10.0. The Morgan fingerprint density at radius 3 is 3.00 bits per heavy atom. The zero-order valence-electron chi connectivity index (χ0n) is 8.77. The van der Waals surface area contributed by atoms with Gasteiger partial charge in [0.1, 0.15) is 0 Å². The van der Waals surface area contributed by atoms with Crippen molar-refractivity contribution in [3.8, 4) is 0 Å². The Bertz CT molecular complexity index is 295. The van der Waals surface area contributed by atoms with Crippen molar-refractivity contribution in [1.29, 1.82) is 0 Å². The highest BCUT2D eigenvalue weighted by molar-refractivity contribution is 5.03. The maximum absolute atomic E-state index is 4.09. The molecule has 0 bridgehead atoms. The fraction of sp³-hybridized carbons (Fsp3) is 0.889. The highest BCUT2D eigenvalue weighted by Crippen LogP contribution is 2.32. The molecule has 1 heterocycles. The summed E-state index contributed by atoms with van der Waals surface area (Å²) in [5.41, 5.74) is 0. The summed E-state index contributed by atoms with van der Waals surface area (Å²) < 4.78 is 1.79. The molecule has 1 saturated carbocycles. The van der Waals surface area contributed by atoms with Crippen molar-refractivity contribution in [2.75, 3.05) is 6.54 Å². The summed E-state index contributed by atoms with van der Waals surface area (Å²) >= 11 is 0. The summed E-state index contributed by atoms with van der Waals surface area (Å²) in [5, 5.41) is 15.2. The zero-order chi connectivity index (χ0) is 9.97. The van der Waals surface area contributed by atoms with Gasteiger partial charge in [-0.2, -0.15) is 0 Å². The van der Waals surface area contributed by atoms with E-state index in [1.165, 1.54) is 19.3 Å². The molecule has 5 heteroatoms. The smallest absolute Gasteiger partial charge is 0.155 e. The molecule has 1 aromatic heterocycles. The molecule has 0 amide bonds. The lowest BCUT2D eigenvalue weighted by molar-refractivity contribution is 0.463. The van der Waals surface area contributed by atoms with Gasteiger partial charge in [0.2, 0.25) is 0 Å². The summed E-state index contributed by atoms with van der Waals surface area (Å²) in [6, 6.07) is 0.560. The molecule has 14 heavy (non-hydrogen) atoms. The number of hydrogen-bond acceptors (Lipinski definition) is 4. The van der Waals surface area contributed by atoms with Gasteiger partial charge in [-0.05, 0) is 29.8 Å². The molecule has 0 aliphatic heterocycles. The Morgan fingerprint density at radius 1 is 1.50 bits per heavy atom. The second-order valence-corrected chi connectivity index (χ2v) is 3.86. The molecule has 0 radical (unpaired) electrons. The molecule has 0 saturated heterocycles. The van der Waals surface area contributed by atoms with Gasteiger partial charge in [-0.15, -0.1) is 5.10 Å². The zero-order valence-corrected chi connectivity index (χ0v) is 8.77. The Hall–Kier alpha value is -0.970. The summed E-state index contributed by atoms with van der Waals surface area (Å²) in [5.74, 6) is 1.52. The van der Waals surface area contributed by atoms with Crippen molar-refractivity contribution < 1.29 is 0 Å². The fourth-order valence-corrected chi connectivity index (χ4v) is 2.33. The number of rotatable bonds is 3. The molecule has 0 aromatic carbocycles. The van der Waals surface area contributed by atoms with Crippen molar-refractivity contribution in [1.82, 2.24) is 25.5 Å². The number of likely N-dealkylation sites (N-methyl/N-ethyl adjacent to an activating group) is 1. The summed E-state index contributed by atoms with van der Waals surface area (Å²) in [6.45, 7) is 3.16. The summed E-state index contributed by atoms with van der Waals surface area (Å²) in [4.78, 5) is 0. The highest BCUT2D eigenvalue weighted by Gasteiger charge is 2.31. The number of nitrogens with zero attached hydrogens (tertiary/aromatic N) is 4. The van der Waals surface area contributed by atoms with E-state index in [2.05, 4.69) is 27.8 Å². The van der Waals surface area contributed by atoms with Crippen LogP contribution >= 0.6 is 0 Å². The first-order chi connectivity index (χ1) is 6.83. The standard InChI is InChI=1S/C9H17N5/c1-3-10-8-6-4-5-7(8)9-11-12-13-14(9)2/h7-8,10H,3-6H2,1-2H3. The van der Waals surface area contributed by atoms with Crippen LogP contribution < -0.4 is 5.32 Å². The first kappa shape index (κ1) is 9.58. The topological polar surface area (TPSA) is 55.6 Å². The Kier molecular flexibility index (Phi) is 2.77. The summed E-state index contributed by atoms with van der Waals surface area (Å²) in [7, 11) is 1.91. The van der Waals surface area contributed by atoms with E-state index >= 15 is 0 Å². The highest BCUT2D eigenvalue weighted by atomic mass is 15.5. The van der Waals surface area contributed by atoms with Crippen LogP contribution in [-0.4, -0.2) is 32.8 Å². The molecular weight excluding hydrogens is 178 g/mol. The molecule has 1 aliphatic carbocycles. The minimum Gasteiger partial charge on any atom is -0.314 e. The number of aryl methyl sites for hydroxylation is 1. The van der Waals surface area contributed by atoms with Crippen LogP contribution in [0.3, 0.4) is 0 Å². The number of nitrogens with one attached hydrogen (secondary N) is 1. The first-order valence-electron chi connectivity index (χ1n) is 5.28. The average Bonchev–Trinajstić information content (AvgIpc) is 2.74. The molecule has 1 aliphatic rings. The van der Waals surface area contributed by atoms with E-state index in [-0.39, 0.29) is 0 Å². The van der Waals surface area contributed by atoms with Crippen molar-refractivity contribution in [3.63, 3.8) is 0 Å². The number of hydrogen-bond donors (Lipinski definition) is 1. The van der Waals surface area contributed by atoms with Crippen LogP contribution in [0.15, 0.2) is 0 Å². The average molecular weight is 195 g/mol. The van der Waals surface area contributed by atoms with Gasteiger partial charge in [0.25, 0.3) is 0 Å². The monoisotopic (exact) mass is 195 g/mol. The van der Waals surface area contributed by atoms with Crippen molar-refractivity contribution in [2.45, 2.75) is 38.1 Å². The van der Waals surface area contributed by atoms with Gasteiger partial charge in [0.15, 0.2) is 5.82 Å². The van der Waals surface area contributed by atoms with Crippen LogP contribution in [-0.2, 0) is 7.05 Å². The molecule has 2 unspecified atom stereocenters. The predicted molar refractivity (Wildman–Crippen MR) is 52.9 cm³/mol. The van der Waals surface area contributed by atoms with Gasteiger partial charge in [-0.25, -0.2) is 4.68 Å². The minimum atomic E-state index is 0.495. The third-order valence-corrected chi connectivity index (χ3v) is 2.97. The van der Waals surface area contributed by atoms with Crippen molar-refractivity contribution in [3.05, 3.63) is 5.82 Å². The van der Waals surface area contributed by atoms with E-state index in [1.807, 2.05) is 7.05 Å². The molecular formula is C9H17N5. The lowest BCUT2D eigenvalue weighted by Crippen LogP contribution is -2.32. The van der Waals surface area contributed by atoms with Crippen LogP contribution in [0.2, 0.25) is 0 Å². The van der Waals surface area contributed by atoms with Crippen molar-refractivity contribution >= 4 is 0 Å². The summed E-state index contributed by atoms with van der Waals surface area (Å²) in [6.07, 6.45) is 3.71. The van der Waals surface area contributed by atoms with Gasteiger partial charge in [0.05, 0.1) is 0 Å². The molecule has 1 N–H and O–H groups in total. The Labute approximate surface area is 83.9 Å². The second-order valence-electron chi connectivity index (χ2n) is 3.86. The first-order valence-corrected chi connectivity index (χ1v) is 5.28.